The molecule has 0 radical (unpaired) electrons. The lowest BCUT2D eigenvalue weighted by Crippen LogP contribution is -2.23. The van der Waals surface area contributed by atoms with Crippen molar-refractivity contribution >= 4 is 17.3 Å². The third-order valence-corrected chi connectivity index (χ3v) is 2.86. The molecule has 2 nitrogen and oxygen atoms in total. The first-order valence-corrected chi connectivity index (χ1v) is 6.18. The summed E-state index contributed by atoms with van der Waals surface area (Å²) < 4.78 is 0. The van der Waals surface area contributed by atoms with Crippen LogP contribution in [-0.2, 0) is 6.42 Å². The lowest BCUT2D eigenvalue weighted by molar-refractivity contribution is 0.733. The second-order valence-corrected chi connectivity index (χ2v) is 4.76. The average Bonchev–Trinajstić information content (AvgIpc) is 2.16. The van der Waals surface area contributed by atoms with Gasteiger partial charge in [-0.15, -0.1) is 0 Å². The van der Waals surface area contributed by atoms with Gasteiger partial charge in [0.05, 0.1) is 10.7 Å². The van der Waals surface area contributed by atoms with E-state index in [0.29, 0.717) is 0 Å². The fourth-order valence-electron chi connectivity index (χ4n) is 1.95. The predicted octanol–water partition coefficient (Wildman–Crippen LogP) is 3.08. The van der Waals surface area contributed by atoms with E-state index in [1.165, 1.54) is 5.56 Å². The molecular formula is C13H21ClN2. The standard InChI is InChI=1S/C13H21ClN2/c1-4-8-16(3)13-11(9-10(2)15)6-5-7-12(13)14/h5-7,10H,4,8-9,15H2,1-3H3. The van der Waals surface area contributed by atoms with Crippen LogP contribution in [0.2, 0.25) is 5.02 Å². The number of nitrogens with zero attached hydrogens (tertiary/aromatic N) is 1. The smallest absolute Gasteiger partial charge is 0.0642 e. The Balaban J connectivity index is 3.02. The van der Waals surface area contributed by atoms with Gasteiger partial charge in [-0.25, -0.2) is 0 Å². The zero-order chi connectivity index (χ0) is 12.1. The first-order chi connectivity index (χ1) is 7.56. The van der Waals surface area contributed by atoms with Gasteiger partial charge in [0.2, 0.25) is 0 Å². The van der Waals surface area contributed by atoms with E-state index in [-0.39, 0.29) is 6.04 Å². The van der Waals surface area contributed by atoms with E-state index in [4.69, 9.17) is 17.3 Å². The summed E-state index contributed by atoms with van der Waals surface area (Å²) in [4.78, 5) is 2.21. The van der Waals surface area contributed by atoms with Gasteiger partial charge < -0.3 is 10.6 Å². The van der Waals surface area contributed by atoms with Gasteiger partial charge in [-0.1, -0.05) is 30.7 Å². The Morgan fingerprint density at radius 3 is 2.69 bits per heavy atom. The van der Waals surface area contributed by atoms with Crippen molar-refractivity contribution in [3.8, 4) is 0 Å². The molecule has 0 aromatic heterocycles. The number of halogens is 1. The van der Waals surface area contributed by atoms with Crippen molar-refractivity contribution in [1.82, 2.24) is 0 Å². The molecule has 90 valence electrons. The highest BCUT2D eigenvalue weighted by Crippen LogP contribution is 2.29. The number of para-hydroxylation sites is 1. The van der Waals surface area contributed by atoms with Gasteiger partial charge in [-0.3, -0.25) is 0 Å². The van der Waals surface area contributed by atoms with Crippen molar-refractivity contribution in [3.63, 3.8) is 0 Å². The number of hydrogen-bond donors (Lipinski definition) is 1. The van der Waals surface area contributed by atoms with Gasteiger partial charge in [0.25, 0.3) is 0 Å². The molecule has 0 fully saturated rings. The van der Waals surface area contributed by atoms with Crippen LogP contribution in [0.5, 0.6) is 0 Å². The molecule has 1 aromatic carbocycles. The molecule has 2 N–H and O–H groups in total. The Morgan fingerprint density at radius 2 is 2.12 bits per heavy atom. The number of anilines is 1. The average molecular weight is 241 g/mol. The summed E-state index contributed by atoms with van der Waals surface area (Å²) >= 11 is 6.26. The second kappa shape index (κ2) is 6.12. The van der Waals surface area contributed by atoms with Crippen LogP contribution in [0, 0.1) is 0 Å². The summed E-state index contributed by atoms with van der Waals surface area (Å²) in [6.07, 6.45) is 1.98. The Hall–Kier alpha value is -0.730. The van der Waals surface area contributed by atoms with Crippen molar-refractivity contribution in [3.05, 3.63) is 28.8 Å². The van der Waals surface area contributed by atoms with Gasteiger partial charge in [-0.2, -0.15) is 0 Å². The van der Waals surface area contributed by atoms with Gasteiger partial charge in [0.1, 0.15) is 0 Å². The van der Waals surface area contributed by atoms with Crippen LogP contribution in [-0.4, -0.2) is 19.6 Å². The first-order valence-electron chi connectivity index (χ1n) is 5.80. The van der Waals surface area contributed by atoms with Crippen LogP contribution in [0.15, 0.2) is 18.2 Å². The van der Waals surface area contributed by atoms with Gasteiger partial charge in [0, 0.05) is 19.6 Å². The number of nitrogens with two attached hydrogens (primary N) is 1. The zero-order valence-corrected chi connectivity index (χ0v) is 11.1. The van der Waals surface area contributed by atoms with Crippen molar-refractivity contribution in [2.45, 2.75) is 32.7 Å². The predicted molar refractivity (Wildman–Crippen MR) is 72.4 cm³/mol. The van der Waals surface area contributed by atoms with E-state index in [1.807, 2.05) is 19.1 Å². The quantitative estimate of drug-likeness (QED) is 0.857. The molecule has 0 saturated carbocycles. The fraction of sp³-hybridized carbons (Fsp3) is 0.538. The molecule has 0 heterocycles. The lowest BCUT2D eigenvalue weighted by Gasteiger charge is -2.24. The summed E-state index contributed by atoms with van der Waals surface area (Å²) in [5.41, 5.74) is 8.22. The van der Waals surface area contributed by atoms with Crippen LogP contribution in [0.1, 0.15) is 25.8 Å². The highest BCUT2D eigenvalue weighted by molar-refractivity contribution is 6.33. The molecule has 16 heavy (non-hydrogen) atoms. The van der Waals surface area contributed by atoms with E-state index in [9.17, 15) is 0 Å². The first kappa shape index (κ1) is 13.3. The minimum Gasteiger partial charge on any atom is -0.373 e. The van der Waals surface area contributed by atoms with Gasteiger partial charge >= 0.3 is 0 Å². The molecule has 0 bridgehead atoms. The van der Waals surface area contributed by atoms with E-state index in [0.717, 1.165) is 30.1 Å². The molecular weight excluding hydrogens is 220 g/mol. The maximum Gasteiger partial charge on any atom is 0.0642 e. The lowest BCUT2D eigenvalue weighted by atomic mass is 10.0. The van der Waals surface area contributed by atoms with Crippen molar-refractivity contribution in [1.29, 1.82) is 0 Å². The van der Waals surface area contributed by atoms with Crippen molar-refractivity contribution < 1.29 is 0 Å². The Labute approximate surface area is 103 Å². The summed E-state index contributed by atoms with van der Waals surface area (Å²) in [7, 11) is 2.08. The molecule has 0 aliphatic rings. The molecule has 0 aliphatic heterocycles. The van der Waals surface area contributed by atoms with Gasteiger partial charge in [0.15, 0.2) is 0 Å². The third kappa shape index (κ3) is 3.39. The molecule has 0 aliphatic carbocycles. The van der Waals surface area contributed by atoms with Crippen LogP contribution in [0.4, 0.5) is 5.69 Å². The molecule has 1 aromatic rings. The largest absolute Gasteiger partial charge is 0.373 e. The van der Waals surface area contributed by atoms with Crippen LogP contribution in [0.25, 0.3) is 0 Å². The SMILES string of the molecule is CCCN(C)c1c(Cl)cccc1CC(C)N. The van der Waals surface area contributed by atoms with E-state index < -0.39 is 0 Å². The molecule has 0 saturated heterocycles. The molecule has 0 spiro atoms. The molecule has 1 unspecified atom stereocenters. The summed E-state index contributed by atoms with van der Waals surface area (Å²) in [6, 6.07) is 6.19. The molecule has 0 amide bonds. The highest BCUT2D eigenvalue weighted by atomic mass is 35.5. The highest BCUT2D eigenvalue weighted by Gasteiger charge is 2.12. The van der Waals surface area contributed by atoms with Crippen molar-refractivity contribution in [2.75, 3.05) is 18.5 Å². The van der Waals surface area contributed by atoms with E-state index in [2.05, 4.69) is 24.9 Å². The minimum absolute atomic E-state index is 0.159. The van der Waals surface area contributed by atoms with Gasteiger partial charge in [-0.05, 0) is 31.4 Å². The summed E-state index contributed by atoms with van der Waals surface area (Å²) in [5.74, 6) is 0. The number of benzene rings is 1. The van der Waals surface area contributed by atoms with Crippen LogP contribution < -0.4 is 10.6 Å². The summed E-state index contributed by atoms with van der Waals surface area (Å²) in [5, 5.41) is 0.814. The maximum atomic E-state index is 6.26. The fourth-order valence-corrected chi connectivity index (χ4v) is 2.28. The second-order valence-electron chi connectivity index (χ2n) is 4.35. The zero-order valence-electron chi connectivity index (χ0n) is 10.3. The monoisotopic (exact) mass is 240 g/mol. The molecule has 3 heteroatoms. The maximum absolute atomic E-state index is 6.26. The van der Waals surface area contributed by atoms with Crippen LogP contribution >= 0.6 is 11.6 Å². The van der Waals surface area contributed by atoms with E-state index >= 15 is 0 Å². The number of rotatable bonds is 5. The number of hydrogen-bond acceptors (Lipinski definition) is 2. The Kier molecular flexibility index (Phi) is 5.10. The minimum atomic E-state index is 0.159. The Morgan fingerprint density at radius 1 is 1.44 bits per heavy atom. The normalized spacial score (nSPS) is 12.6. The van der Waals surface area contributed by atoms with Crippen molar-refractivity contribution in [2.24, 2.45) is 5.73 Å². The van der Waals surface area contributed by atoms with E-state index in [1.54, 1.807) is 0 Å². The molecule has 1 atom stereocenters. The molecule has 1 rings (SSSR count). The third-order valence-electron chi connectivity index (χ3n) is 2.55. The van der Waals surface area contributed by atoms with Crippen LogP contribution in [0.3, 0.4) is 0 Å². The summed E-state index contributed by atoms with van der Waals surface area (Å²) in [6.45, 7) is 5.19. The topological polar surface area (TPSA) is 29.3 Å². The Bertz CT molecular complexity index is 337.